The van der Waals surface area contributed by atoms with Gasteiger partial charge in [-0.2, -0.15) is 0 Å². The lowest BCUT2D eigenvalue weighted by Crippen LogP contribution is -2.42. The van der Waals surface area contributed by atoms with Crippen molar-refractivity contribution in [3.63, 3.8) is 0 Å². The summed E-state index contributed by atoms with van der Waals surface area (Å²) in [4.78, 5) is 37.3. The zero-order valence-electron chi connectivity index (χ0n) is 19.9. The summed E-state index contributed by atoms with van der Waals surface area (Å²) in [6, 6.07) is 11.0. The molecular weight excluding hydrogens is 476 g/mol. The minimum atomic E-state index is -0.150. The first-order valence-electron chi connectivity index (χ1n) is 12.2. The summed E-state index contributed by atoms with van der Waals surface area (Å²) in [6.45, 7) is 2.35. The van der Waals surface area contributed by atoms with E-state index in [9.17, 15) is 9.59 Å². The van der Waals surface area contributed by atoms with Gasteiger partial charge in [0.2, 0.25) is 0 Å². The molecule has 0 saturated carbocycles. The van der Waals surface area contributed by atoms with Crippen LogP contribution < -0.4 is 10.1 Å². The minimum Gasteiger partial charge on any atom is -0.484 e. The summed E-state index contributed by atoms with van der Waals surface area (Å²) < 4.78 is 10.9. The van der Waals surface area contributed by atoms with Crippen molar-refractivity contribution in [1.29, 1.82) is 0 Å². The molecule has 1 aliphatic carbocycles. The summed E-state index contributed by atoms with van der Waals surface area (Å²) >= 11 is 1.60. The van der Waals surface area contributed by atoms with Crippen molar-refractivity contribution >= 4 is 40.1 Å². The van der Waals surface area contributed by atoms with Crippen LogP contribution in [0.5, 0.6) is 5.75 Å². The Labute approximate surface area is 214 Å². The van der Waals surface area contributed by atoms with Crippen molar-refractivity contribution in [2.75, 3.05) is 38.2 Å². The van der Waals surface area contributed by atoms with E-state index < -0.39 is 0 Å². The van der Waals surface area contributed by atoms with E-state index >= 15 is 0 Å². The lowest BCUT2D eigenvalue weighted by molar-refractivity contribution is -0.137. The third-order valence-corrected chi connectivity index (χ3v) is 7.44. The van der Waals surface area contributed by atoms with Crippen LogP contribution in [-0.2, 0) is 22.4 Å². The van der Waals surface area contributed by atoms with Crippen LogP contribution in [0.2, 0.25) is 0 Å². The standard InChI is InChI=1S/C27H28N4O4S/c32-24(31-12-14-34-15-13-31)18-35-21-9-7-19(8-10-21)16-29-27-25(22-5-1-2-6-23(22)36-27)26(33)30-20-4-3-11-28-17-20/h3-4,7-11,16-17H,1-2,5-6,12-15,18H2,(H,30,33). The zero-order valence-corrected chi connectivity index (χ0v) is 20.8. The smallest absolute Gasteiger partial charge is 0.260 e. The number of morpholine rings is 1. The Kier molecular flexibility index (Phi) is 7.68. The van der Waals surface area contributed by atoms with Crippen LogP contribution in [-0.4, -0.2) is 60.8 Å². The number of rotatable bonds is 7. The Morgan fingerprint density at radius 1 is 1.14 bits per heavy atom. The Balaban J connectivity index is 1.27. The van der Waals surface area contributed by atoms with Crippen molar-refractivity contribution in [1.82, 2.24) is 9.88 Å². The van der Waals surface area contributed by atoms with Gasteiger partial charge >= 0.3 is 0 Å². The number of benzene rings is 1. The molecule has 0 radical (unpaired) electrons. The Morgan fingerprint density at radius 2 is 1.94 bits per heavy atom. The van der Waals surface area contributed by atoms with Gasteiger partial charge in [-0.3, -0.25) is 14.6 Å². The molecule has 9 heteroatoms. The molecule has 1 saturated heterocycles. The molecule has 3 aromatic rings. The number of aryl methyl sites for hydroxylation is 1. The van der Waals surface area contributed by atoms with E-state index in [4.69, 9.17) is 14.5 Å². The van der Waals surface area contributed by atoms with Gasteiger partial charge in [-0.1, -0.05) is 0 Å². The summed E-state index contributed by atoms with van der Waals surface area (Å²) in [5.41, 5.74) is 3.33. The molecule has 1 aromatic carbocycles. The van der Waals surface area contributed by atoms with Crippen LogP contribution in [0.25, 0.3) is 0 Å². The van der Waals surface area contributed by atoms with E-state index in [1.54, 1.807) is 40.9 Å². The fourth-order valence-electron chi connectivity index (χ4n) is 4.34. The average Bonchev–Trinajstić information content (AvgIpc) is 3.31. The molecular formula is C27H28N4O4S. The molecule has 0 atom stereocenters. The second-order valence-corrected chi connectivity index (χ2v) is 9.78. The van der Waals surface area contributed by atoms with Crippen molar-refractivity contribution in [3.05, 3.63) is 70.4 Å². The van der Waals surface area contributed by atoms with E-state index in [2.05, 4.69) is 10.3 Å². The van der Waals surface area contributed by atoms with Gasteiger partial charge in [-0.05, 0) is 73.2 Å². The highest BCUT2D eigenvalue weighted by Gasteiger charge is 2.25. The topological polar surface area (TPSA) is 93.1 Å². The number of ether oxygens (including phenoxy) is 2. The Hall–Kier alpha value is -3.56. The molecule has 0 spiro atoms. The maximum Gasteiger partial charge on any atom is 0.260 e. The molecule has 2 aliphatic rings. The third kappa shape index (κ3) is 5.80. The number of hydrogen-bond donors (Lipinski definition) is 1. The van der Waals surface area contributed by atoms with Gasteiger partial charge in [-0.15, -0.1) is 11.3 Å². The van der Waals surface area contributed by atoms with E-state index in [1.165, 1.54) is 4.88 Å². The molecule has 186 valence electrons. The molecule has 3 heterocycles. The number of thiophene rings is 1. The Bertz CT molecular complexity index is 1230. The molecule has 0 unspecified atom stereocenters. The molecule has 2 aromatic heterocycles. The number of carbonyl (C=O) groups excluding carboxylic acids is 2. The molecule has 5 rings (SSSR count). The normalized spacial score (nSPS) is 15.5. The molecule has 36 heavy (non-hydrogen) atoms. The average molecular weight is 505 g/mol. The van der Waals surface area contributed by atoms with Gasteiger partial charge in [0.15, 0.2) is 6.61 Å². The monoisotopic (exact) mass is 504 g/mol. The second-order valence-electron chi connectivity index (χ2n) is 8.70. The van der Waals surface area contributed by atoms with E-state index in [-0.39, 0.29) is 18.4 Å². The third-order valence-electron chi connectivity index (χ3n) is 6.24. The van der Waals surface area contributed by atoms with Gasteiger partial charge in [0.05, 0.1) is 30.7 Å². The SMILES string of the molecule is O=C(Nc1cccnc1)c1c(N=Cc2ccc(OCC(=O)N3CCOCC3)cc2)sc2c1CCCC2. The molecule has 1 aliphatic heterocycles. The first kappa shape index (κ1) is 24.1. The van der Waals surface area contributed by atoms with Crippen LogP contribution in [0.4, 0.5) is 10.7 Å². The number of nitrogens with one attached hydrogen (secondary N) is 1. The number of carbonyl (C=O) groups is 2. The molecule has 1 fully saturated rings. The number of nitrogens with zero attached hydrogens (tertiary/aromatic N) is 3. The van der Waals surface area contributed by atoms with Gasteiger partial charge in [0, 0.05) is 30.4 Å². The summed E-state index contributed by atoms with van der Waals surface area (Å²) in [6.07, 6.45) is 9.17. The molecule has 8 nitrogen and oxygen atoms in total. The molecule has 0 bridgehead atoms. The van der Waals surface area contributed by atoms with E-state index in [1.807, 2.05) is 30.3 Å². The number of aliphatic imine (C=N–C) groups is 1. The quantitative estimate of drug-likeness (QED) is 0.485. The van der Waals surface area contributed by atoms with Gasteiger partial charge in [-0.25, -0.2) is 4.99 Å². The fraction of sp³-hybridized carbons (Fsp3) is 0.333. The van der Waals surface area contributed by atoms with Gasteiger partial charge < -0.3 is 19.7 Å². The molecule has 2 amide bonds. The first-order valence-corrected chi connectivity index (χ1v) is 13.0. The maximum atomic E-state index is 13.2. The molecule has 1 N–H and O–H groups in total. The van der Waals surface area contributed by atoms with Crippen molar-refractivity contribution < 1.29 is 19.1 Å². The van der Waals surface area contributed by atoms with Crippen molar-refractivity contribution in [2.24, 2.45) is 4.99 Å². The summed E-state index contributed by atoms with van der Waals surface area (Å²) in [5, 5.41) is 3.69. The van der Waals surface area contributed by atoms with E-state index in [0.29, 0.717) is 43.3 Å². The minimum absolute atomic E-state index is 0.00356. The summed E-state index contributed by atoms with van der Waals surface area (Å²) in [7, 11) is 0. The Morgan fingerprint density at radius 3 is 2.72 bits per heavy atom. The largest absolute Gasteiger partial charge is 0.484 e. The predicted molar refractivity (Wildman–Crippen MR) is 140 cm³/mol. The van der Waals surface area contributed by atoms with Crippen molar-refractivity contribution in [2.45, 2.75) is 25.7 Å². The van der Waals surface area contributed by atoms with Crippen LogP contribution >= 0.6 is 11.3 Å². The lowest BCUT2D eigenvalue weighted by atomic mass is 9.95. The fourth-order valence-corrected chi connectivity index (χ4v) is 5.57. The number of amides is 2. The predicted octanol–water partition coefficient (Wildman–Crippen LogP) is 4.26. The highest BCUT2D eigenvalue weighted by molar-refractivity contribution is 7.16. The van der Waals surface area contributed by atoms with Crippen LogP contribution in [0.1, 0.15) is 39.2 Å². The van der Waals surface area contributed by atoms with Crippen LogP contribution in [0, 0.1) is 0 Å². The number of aromatic nitrogens is 1. The first-order chi connectivity index (χ1) is 17.7. The summed E-state index contributed by atoms with van der Waals surface area (Å²) in [5.74, 6) is 0.433. The van der Waals surface area contributed by atoms with Crippen LogP contribution in [0.15, 0.2) is 53.8 Å². The highest BCUT2D eigenvalue weighted by Crippen LogP contribution is 2.40. The lowest BCUT2D eigenvalue weighted by Gasteiger charge is -2.26. The number of anilines is 1. The van der Waals surface area contributed by atoms with Crippen molar-refractivity contribution in [3.8, 4) is 5.75 Å². The van der Waals surface area contributed by atoms with Gasteiger partial charge in [0.1, 0.15) is 10.8 Å². The highest BCUT2D eigenvalue weighted by atomic mass is 32.1. The second kappa shape index (κ2) is 11.5. The number of pyridine rings is 1. The van der Waals surface area contributed by atoms with Crippen LogP contribution in [0.3, 0.4) is 0 Å². The maximum absolute atomic E-state index is 13.2. The number of hydrogen-bond acceptors (Lipinski definition) is 7. The zero-order chi connectivity index (χ0) is 24.7. The number of fused-ring (bicyclic) bond motifs is 1. The van der Waals surface area contributed by atoms with Gasteiger partial charge in [0.25, 0.3) is 11.8 Å². The van der Waals surface area contributed by atoms with E-state index in [0.717, 1.165) is 41.8 Å².